The van der Waals surface area contributed by atoms with E-state index in [1.54, 1.807) is 25.3 Å². The van der Waals surface area contributed by atoms with Crippen LogP contribution >= 0.6 is 11.6 Å². The first-order valence-corrected chi connectivity index (χ1v) is 6.52. The largest absolute Gasteiger partial charge is 0.495 e. The summed E-state index contributed by atoms with van der Waals surface area (Å²) in [6.07, 6.45) is 1.13. The van der Waals surface area contributed by atoms with Crippen LogP contribution in [0.5, 0.6) is 5.75 Å². The van der Waals surface area contributed by atoms with Gasteiger partial charge in [0.05, 0.1) is 12.1 Å². The van der Waals surface area contributed by atoms with Gasteiger partial charge in [-0.2, -0.15) is 0 Å². The van der Waals surface area contributed by atoms with Crippen LogP contribution < -0.4 is 4.74 Å². The number of ether oxygens (including phenoxy) is 3. The molecule has 2 rings (SSSR count). The molecule has 5 heteroatoms. The van der Waals surface area contributed by atoms with Gasteiger partial charge < -0.3 is 14.2 Å². The summed E-state index contributed by atoms with van der Waals surface area (Å²) in [5, 5.41) is 0.484. The van der Waals surface area contributed by atoms with Gasteiger partial charge in [-0.1, -0.05) is 11.6 Å². The summed E-state index contributed by atoms with van der Waals surface area (Å²) in [5.41, 5.74) is -0.248. The van der Waals surface area contributed by atoms with Gasteiger partial charge in [-0.3, -0.25) is 4.79 Å². The highest BCUT2D eigenvalue weighted by Crippen LogP contribution is 2.32. The fraction of sp³-hybridized carbons (Fsp3) is 0.500. The second-order valence-electron chi connectivity index (χ2n) is 4.49. The van der Waals surface area contributed by atoms with Gasteiger partial charge >= 0.3 is 0 Å². The first kappa shape index (κ1) is 14.3. The Morgan fingerprint density at radius 2 is 2.00 bits per heavy atom. The summed E-state index contributed by atoms with van der Waals surface area (Å²) >= 11 is 5.97. The molecule has 1 aromatic rings. The van der Waals surface area contributed by atoms with Crippen LogP contribution in [0.3, 0.4) is 0 Å². The smallest absolute Gasteiger partial charge is 0.194 e. The van der Waals surface area contributed by atoms with Gasteiger partial charge in [0.25, 0.3) is 0 Å². The maximum Gasteiger partial charge on any atom is 0.194 e. The number of ketones is 1. The van der Waals surface area contributed by atoms with Gasteiger partial charge in [-0.05, 0) is 18.2 Å². The third-order valence-corrected chi connectivity index (χ3v) is 3.83. The van der Waals surface area contributed by atoms with Gasteiger partial charge in [0, 0.05) is 38.7 Å². The molecule has 0 amide bonds. The summed E-state index contributed by atoms with van der Waals surface area (Å²) in [6.45, 7) is 1.06. The molecule has 0 atom stereocenters. The van der Waals surface area contributed by atoms with Crippen LogP contribution in [-0.2, 0) is 9.47 Å². The lowest BCUT2D eigenvalue weighted by Crippen LogP contribution is -2.45. The van der Waals surface area contributed by atoms with E-state index in [4.69, 9.17) is 25.8 Å². The summed E-state index contributed by atoms with van der Waals surface area (Å²) in [6, 6.07) is 5.01. The van der Waals surface area contributed by atoms with E-state index < -0.39 is 5.60 Å². The molecule has 1 fully saturated rings. The topological polar surface area (TPSA) is 44.8 Å². The Morgan fingerprint density at radius 3 is 2.58 bits per heavy atom. The van der Waals surface area contributed by atoms with Crippen molar-refractivity contribution in [3.63, 3.8) is 0 Å². The number of carbonyl (C=O) groups excluding carboxylic acids is 1. The third-order valence-electron chi connectivity index (χ3n) is 3.52. The zero-order valence-corrected chi connectivity index (χ0v) is 11.8. The second-order valence-corrected chi connectivity index (χ2v) is 4.90. The molecule has 1 aromatic carbocycles. The Labute approximate surface area is 117 Å². The number of carbonyl (C=O) groups is 1. The Kier molecular flexibility index (Phi) is 4.45. The highest BCUT2D eigenvalue weighted by atomic mass is 35.5. The highest BCUT2D eigenvalue weighted by Gasteiger charge is 2.40. The molecule has 1 saturated heterocycles. The minimum absolute atomic E-state index is 0.0479. The van der Waals surface area contributed by atoms with Gasteiger partial charge in [0.2, 0.25) is 0 Å². The average molecular weight is 285 g/mol. The van der Waals surface area contributed by atoms with E-state index >= 15 is 0 Å². The van der Waals surface area contributed by atoms with Gasteiger partial charge in [-0.15, -0.1) is 0 Å². The average Bonchev–Trinajstić information content (AvgIpc) is 2.47. The van der Waals surface area contributed by atoms with E-state index in [1.165, 1.54) is 7.11 Å². The molecule has 19 heavy (non-hydrogen) atoms. The molecule has 4 nitrogen and oxygen atoms in total. The lowest BCUT2D eigenvalue weighted by atomic mass is 9.85. The molecule has 1 heterocycles. The summed E-state index contributed by atoms with van der Waals surface area (Å²) in [7, 11) is 3.09. The van der Waals surface area contributed by atoms with E-state index in [9.17, 15) is 4.79 Å². The normalized spacial score (nSPS) is 18.1. The van der Waals surface area contributed by atoms with Crippen molar-refractivity contribution in [2.45, 2.75) is 18.4 Å². The van der Waals surface area contributed by atoms with Crippen molar-refractivity contribution in [2.24, 2.45) is 0 Å². The molecule has 0 unspecified atom stereocenters. The maximum atomic E-state index is 12.7. The summed E-state index contributed by atoms with van der Waals surface area (Å²) < 4.78 is 15.9. The first-order valence-electron chi connectivity index (χ1n) is 6.14. The van der Waals surface area contributed by atoms with Crippen LogP contribution in [0.25, 0.3) is 0 Å². The molecule has 0 aromatic heterocycles. The zero-order chi connectivity index (χ0) is 13.9. The predicted octanol–water partition coefficient (Wildman–Crippen LogP) is 2.73. The molecule has 0 bridgehead atoms. The number of halogens is 1. The molecule has 104 valence electrons. The molecule has 0 radical (unpaired) electrons. The molecule has 0 saturated carbocycles. The van der Waals surface area contributed by atoms with E-state index in [2.05, 4.69) is 0 Å². The van der Waals surface area contributed by atoms with Crippen LogP contribution in [-0.4, -0.2) is 38.8 Å². The number of Topliss-reactive ketones (excluding diaryl/α,β-unsaturated/α-hetero) is 1. The monoisotopic (exact) mass is 284 g/mol. The molecular weight excluding hydrogens is 268 g/mol. The fourth-order valence-electron chi connectivity index (χ4n) is 2.29. The third kappa shape index (κ3) is 2.76. The Bertz CT molecular complexity index is 467. The lowest BCUT2D eigenvalue weighted by molar-refractivity contribution is -0.0663. The quantitative estimate of drug-likeness (QED) is 0.798. The van der Waals surface area contributed by atoms with Crippen LogP contribution in [0.1, 0.15) is 23.2 Å². The molecule has 0 N–H and O–H groups in total. The van der Waals surface area contributed by atoms with Crippen molar-refractivity contribution in [1.29, 1.82) is 0 Å². The molecular formula is C14H17ClO4. The number of rotatable bonds is 4. The number of benzene rings is 1. The van der Waals surface area contributed by atoms with E-state index in [1.807, 2.05) is 0 Å². The van der Waals surface area contributed by atoms with E-state index in [-0.39, 0.29) is 5.78 Å². The van der Waals surface area contributed by atoms with Crippen molar-refractivity contribution in [2.75, 3.05) is 27.4 Å². The van der Waals surface area contributed by atoms with Crippen LogP contribution in [0.15, 0.2) is 18.2 Å². The van der Waals surface area contributed by atoms with Gasteiger partial charge in [0.1, 0.15) is 11.4 Å². The molecule has 0 aliphatic carbocycles. The maximum absolute atomic E-state index is 12.7. The second kappa shape index (κ2) is 5.90. The van der Waals surface area contributed by atoms with Gasteiger partial charge in [-0.25, -0.2) is 0 Å². The number of hydrogen-bond donors (Lipinski definition) is 0. The minimum atomic E-state index is -0.795. The standard InChI is InChI=1S/C14H17ClO4/c1-17-12-9-10(3-4-11(12)15)13(16)14(18-2)5-7-19-8-6-14/h3-4,9H,5-8H2,1-2H3. The predicted molar refractivity (Wildman–Crippen MR) is 72.1 cm³/mol. The van der Waals surface area contributed by atoms with Crippen LogP contribution in [0.4, 0.5) is 0 Å². The minimum Gasteiger partial charge on any atom is -0.495 e. The Hall–Kier alpha value is -1.10. The summed E-state index contributed by atoms with van der Waals surface area (Å²) in [4.78, 5) is 12.7. The molecule has 0 spiro atoms. The molecule has 1 aliphatic rings. The van der Waals surface area contributed by atoms with E-state index in [0.717, 1.165) is 0 Å². The number of hydrogen-bond acceptors (Lipinski definition) is 4. The van der Waals surface area contributed by atoms with Crippen molar-refractivity contribution >= 4 is 17.4 Å². The van der Waals surface area contributed by atoms with Crippen molar-refractivity contribution < 1.29 is 19.0 Å². The van der Waals surface area contributed by atoms with Crippen LogP contribution in [0, 0.1) is 0 Å². The Balaban J connectivity index is 2.31. The molecule has 1 aliphatic heterocycles. The highest BCUT2D eigenvalue weighted by molar-refractivity contribution is 6.32. The lowest BCUT2D eigenvalue weighted by Gasteiger charge is -2.34. The van der Waals surface area contributed by atoms with E-state index in [0.29, 0.717) is 42.4 Å². The van der Waals surface area contributed by atoms with Crippen molar-refractivity contribution in [3.8, 4) is 5.75 Å². The van der Waals surface area contributed by atoms with Crippen molar-refractivity contribution in [3.05, 3.63) is 28.8 Å². The van der Waals surface area contributed by atoms with Gasteiger partial charge in [0.15, 0.2) is 5.78 Å². The SMILES string of the molecule is COc1cc(C(=O)C2(OC)CCOCC2)ccc1Cl. The number of methoxy groups -OCH3 is 2. The zero-order valence-electron chi connectivity index (χ0n) is 11.1. The summed E-state index contributed by atoms with van der Waals surface area (Å²) in [5.74, 6) is 0.444. The van der Waals surface area contributed by atoms with Crippen molar-refractivity contribution in [1.82, 2.24) is 0 Å². The first-order chi connectivity index (χ1) is 9.13. The van der Waals surface area contributed by atoms with Crippen LogP contribution in [0.2, 0.25) is 5.02 Å². The fourth-order valence-corrected chi connectivity index (χ4v) is 2.48. The Morgan fingerprint density at radius 1 is 1.32 bits per heavy atom.